The molecule has 0 saturated heterocycles. The van der Waals surface area contributed by atoms with E-state index in [1.54, 1.807) is 6.07 Å². The molecule has 0 radical (unpaired) electrons. The van der Waals surface area contributed by atoms with Gasteiger partial charge in [-0.1, -0.05) is 44.9 Å². The predicted molar refractivity (Wildman–Crippen MR) is 75.5 cm³/mol. The van der Waals surface area contributed by atoms with Crippen LogP contribution >= 0.6 is 0 Å². The van der Waals surface area contributed by atoms with E-state index in [1.807, 2.05) is 18.2 Å². The summed E-state index contributed by atoms with van der Waals surface area (Å²) in [5.74, 6) is 1.93. The highest BCUT2D eigenvalue weighted by Crippen LogP contribution is 2.30. The van der Waals surface area contributed by atoms with Crippen LogP contribution in [0.25, 0.3) is 0 Å². The van der Waals surface area contributed by atoms with E-state index in [-0.39, 0.29) is 0 Å². The molecule has 0 aliphatic heterocycles. The van der Waals surface area contributed by atoms with Gasteiger partial charge in [-0.15, -0.1) is 0 Å². The zero-order valence-electron chi connectivity index (χ0n) is 11.5. The van der Waals surface area contributed by atoms with Gasteiger partial charge in [-0.3, -0.25) is 0 Å². The van der Waals surface area contributed by atoms with Gasteiger partial charge < -0.3 is 10.4 Å². The summed E-state index contributed by atoms with van der Waals surface area (Å²) in [6.45, 7) is 5.43. The van der Waals surface area contributed by atoms with Crippen molar-refractivity contribution < 1.29 is 5.11 Å². The lowest BCUT2D eigenvalue weighted by Gasteiger charge is -2.35. The van der Waals surface area contributed by atoms with Crippen LogP contribution in [-0.4, -0.2) is 11.1 Å². The molecule has 18 heavy (non-hydrogen) atoms. The van der Waals surface area contributed by atoms with E-state index < -0.39 is 0 Å². The summed E-state index contributed by atoms with van der Waals surface area (Å²) in [6.07, 6.45) is 5.33. The Kier molecular flexibility index (Phi) is 4.65. The van der Waals surface area contributed by atoms with Gasteiger partial charge >= 0.3 is 0 Å². The number of hydrogen-bond acceptors (Lipinski definition) is 2. The van der Waals surface area contributed by atoms with Crippen molar-refractivity contribution in [3.8, 4) is 5.75 Å². The number of nitrogens with one attached hydrogen (secondary N) is 1. The van der Waals surface area contributed by atoms with Crippen LogP contribution in [0.1, 0.15) is 45.1 Å². The standard InChI is InChI=1S/C16H25NO/c1-12(2)14-8-4-5-9-15(14)17-11-13-7-3-6-10-16(13)18/h3,6-7,10,12,14-15,17-18H,4-5,8-9,11H2,1-2H3. The molecule has 100 valence electrons. The molecule has 0 amide bonds. The van der Waals surface area contributed by atoms with Crippen LogP contribution in [0.15, 0.2) is 24.3 Å². The minimum atomic E-state index is 0.405. The number of aromatic hydroxyl groups is 1. The van der Waals surface area contributed by atoms with E-state index >= 15 is 0 Å². The van der Waals surface area contributed by atoms with Crippen molar-refractivity contribution in [2.24, 2.45) is 11.8 Å². The molecule has 1 aromatic rings. The third-order valence-electron chi connectivity index (χ3n) is 4.22. The second-order valence-electron chi connectivity index (χ2n) is 5.81. The maximum absolute atomic E-state index is 9.78. The maximum Gasteiger partial charge on any atom is 0.120 e. The van der Waals surface area contributed by atoms with Crippen molar-refractivity contribution in [1.29, 1.82) is 0 Å². The fourth-order valence-electron chi connectivity index (χ4n) is 3.11. The fraction of sp³-hybridized carbons (Fsp3) is 0.625. The van der Waals surface area contributed by atoms with Gasteiger partial charge in [-0.05, 0) is 30.7 Å². The van der Waals surface area contributed by atoms with Crippen LogP contribution in [0.3, 0.4) is 0 Å². The molecule has 0 bridgehead atoms. The van der Waals surface area contributed by atoms with E-state index in [1.165, 1.54) is 25.7 Å². The Morgan fingerprint density at radius 3 is 2.67 bits per heavy atom. The lowest BCUT2D eigenvalue weighted by Crippen LogP contribution is -2.40. The van der Waals surface area contributed by atoms with Gasteiger partial charge in [0, 0.05) is 18.2 Å². The quantitative estimate of drug-likeness (QED) is 0.850. The number of hydrogen-bond donors (Lipinski definition) is 2. The zero-order chi connectivity index (χ0) is 13.0. The summed E-state index contributed by atoms with van der Waals surface area (Å²) in [7, 11) is 0. The molecule has 0 spiro atoms. The highest BCUT2D eigenvalue weighted by atomic mass is 16.3. The number of phenolic OH excluding ortho intramolecular Hbond substituents is 1. The largest absolute Gasteiger partial charge is 0.508 e. The minimum Gasteiger partial charge on any atom is -0.508 e. The van der Waals surface area contributed by atoms with E-state index in [0.29, 0.717) is 11.8 Å². The second-order valence-corrected chi connectivity index (χ2v) is 5.81. The molecule has 2 nitrogen and oxygen atoms in total. The topological polar surface area (TPSA) is 32.3 Å². The third-order valence-corrected chi connectivity index (χ3v) is 4.22. The van der Waals surface area contributed by atoms with Crippen molar-refractivity contribution in [3.63, 3.8) is 0 Å². The highest BCUT2D eigenvalue weighted by molar-refractivity contribution is 5.31. The smallest absolute Gasteiger partial charge is 0.120 e. The molecule has 1 aliphatic carbocycles. The Labute approximate surface area is 110 Å². The van der Waals surface area contributed by atoms with Gasteiger partial charge in [-0.25, -0.2) is 0 Å². The summed E-state index contributed by atoms with van der Waals surface area (Å²) >= 11 is 0. The first-order valence-corrected chi connectivity index (χ1v) is 7.18. The molecular formula is C16H25NO. The van der Waals surface area contributed by atoms with Crippen molar-refractivity contribution in [2.45, 2.75) is 52.1 Å². The molecule has 0 heterocycles. The maximum atomic E-state index is 9.78. The molecular weight excluding hydrogens is 222 g/mol. The van der Waals surface area contributed by atoms with Crippen LogP contribution in [0.4, 0.5) is 0 Å². The van der Waals surface area contributed by atoms with E-state index in [9.17, 15) is 5.11 Å². The first kappa shape index (κ1) is 13.4. The van der Waals surface area contributed by atoms with Crippen LogP contribution in [0.2, 0.25) is 0 Å². The SMILES string of the molecule is CC(C)C1CCCCC1NCc1ccccc1O. The summed E-state index contributed by atoms with van der Waals surface area (Å²) < 4.78 is 0. The lowest BCUT2D eigenvalue weighted by molar-refractivity contribution is 0.204. The number of benzene rings is 1. The molecule has 2 atom stereocenters. The lowest BCUT2D eigenvalue weighted by atomic mass is 9.78. The fourth-order valence-corrected chi connectivity index (χ4v) is 3.11. The van der Waals surface area contributed by atoms with Crippen molar-refractivity contribution >= 4 is 0 Å². The molecule has 1 aromatic carbocycles. The Morgan fingerprint density at radius 1 is 1.22 bits per heavy atom. The Hall–Kier alpha value is -1.02. The van der Waals surface area contributed by atoms with Crippen LogP contribution in [0.5, 0.6) is 5.75 Å². The average molecular weight is 247 g/mol. The molecule has 0 aromatic heterocycles. The molecule has 1 aliphatic rings. The number of phenols is 1. The monoisotopic (exact) mass is 247 g/mol. The van der Waals surface area contributed by atoms with E-state index in [2.05, 4.69) is 19.2 Å². The number of para-hydroxylation sites is 1. The molecule has 1 saturated carbocycles. The van der Waals surface area contributed by atoms with Crippen LogP contribution in [0, 0.1) is 11.8 Å². The summed E-state index contributed by atoms with van der Waals surface area (Å²) in [5, 5.41) is 13.4. The molecule has 2 unspecified atom stereocenters. The zero-order valence-corrected chi connectivity index (χ0v) is 11.5. The van der Waals surface area contributed by atoms with Gasteiger partial charge in [-0.2, -0.15) is 0 Å². The molecule has 1 fully saturated rings. The normalized spacial score (nSPS) is 24.4. The van der Waals surface area contributed by atoms with Gasteiger partial charge in [0.05, 0.1) is 0 Å². The first-order valence-electron chi connectivity index (χ1n) is 7.18. The van der Waals surface area contributed by atoms with Crippen molar-refractivity contribution in [3.05, 3.63) is 29.8 Å². The van der Waals surface area contributed by atoms with Gasteiger partial charge in [0.15, 0.2) is 0 Å². The first-order chi connectivity index (χ1) is 8.68. The molecule has 2 rings (SSSR count). The summed E-state index contributed by atoms with van der Waals surface area (Å²) in [6, 6.07) is 8.22. The van der Waals surface area contributed by atoms with E-state index in [4.69, 9.17) is 0 Å². The highest BCUT2D eigenvalue weighted by Gasteiger charge is 2.26. The van der Waals surface area contributed by atoms with E-state index in [0.717, 1.165) is 23.9 Å². The van der Waals surface area contributed by atoms with Gasteiger partial charge in [0.2, 0.25) is 0 Å². The van der Waals surface area contributed by atoms with Gasteiger partial charge in [0.1, 0.15) is 5.75 Å². The van der Waals surface area contributed by atoms with Crippen LogP contribution in [-0.2, 0) is 6.54 Å². The van der Waals surface area contributed by atoms with Crippen LogP contribution < -0.4 is 5.32 Å². The predicted octanol–water partition coefficient (Wildman–Crippen LogP) is 3.70. The Bertz CT molecular complexity index is 375. The molecule has 2 heteroatoms. The minimum absolute atomic E-state index is 0.405. The van der Waals surface area contributed by atoms with Crippen molar-refractivity contribution in [2.75, 3.05) is 0 Å². The second kappa shape index (κ2) is 6.24. The van der Waals surface area contributed by atoms with Crippen molar-refractivity contribution in [1.82, 2.24) is 5.32 Å². The third kappa shape index (κ3) is 3.26. The Morgan fingerprint density at radius 2 is 1.94 bits per heavy atom. The number of rotatable bonds is 4. The summed E-state index contributed by atoms with van der Waals surface area (Å²) in [5.41, 5.74) is 1.01. The summed E-state index contributed by atoms with van der Waals surface area (Å²) in [4.78, 5) is 0. The Balaban J connectivity index is 1.94. The van der Waals surface area contributed by atoms with Gasteiger partial charge in [0.25, 0.3) is 0 Å². The molecule has 2 N–H and O–H groups in total. The average Bonchev–Trinajstić information content (AvgIpc) is 2.38.